The normalized spacial score (nSPS) is 14.7. The lowest BCUT2D eigenvalue weighted by atomic mass is 10.1. The zero-order chi connectivity index (χ0) is 15.1. The van der Waals surface area contributed by atoms with Crippen LogP contribution in [0.2, 0.25) is 0 Å². The molecule has 3 heterocycles. The predicted molar refractivity (Wildman–Crippen MR) is 83.4 cm³/mol. The topological polar surface area (TPSA) is 72.4 Å². The second kappa shape index (κ2) is 4.78. The van der Waals surface area contributed by atoms with Gasteiger partial charge in [0.1, 0.15) is 5.56 Å². The molecule has 0 atom stereocenters. The first-order valence-corrected chi connectivity index (χ1v) is 6.61. The van der Waals surface area contributed by atoms with Gasteiger partial charge in [0.05, 0.1) is 0 Å². The number of allylic oxidation sites excluding steroid dienone is 1. The summed E-state index contributed by atoms with van der Waals surface area (Å²) in [6.07, 6.45) is 4.88. The fourth-order valence-corrected chi connectivity index (χ4v) is 2.35. The van der Waals surface area contributed by atoms with Crippen LogP contribution in [0.4, 0.5) is 5.82 Å². The van der Waals surface area contributed by atoms with Crippen molar-refractivity contribution in [1.29, 1.82) is 0 Å². The lowest BCUT2D eigenvalue weighted by Crippen LogP contribution is -2.24. The summed E-state index contributed by atoms with van der Waals surface area (Å²) in [4.78, 5) is 20.6. The molecular formula is C14H12N4O2S. The molecule has 2 aromatic rings. The van der Waals surface area contributed by atoms with Crippen molar-refractivity contribution >= 4 is 35.9 Å². The second-order valence-electron chi connectivity index (χ2n) is 4.68. The van der Waals surface area contributed by atoms with E-state index in [9.17, 15) is 9.90 Å². The van der Waals surface area contributed by atoms with E-state index in [1.54, 1.807) is 38.6 Å². The molecule has 1 aliphatic rings. The Bertz CT molecular complexity index is 922. The average Bonchev–Trinajstić information content (AvgIpc) is 2.91. The van der Waals surface area contributed by atoms with Gasteiger partial charge in [-0.05, 0) is 30.4 Å². The minimum Gasteiger partial charge on any atom is -0.494 e. The molecule has 106 valence electrons. The van der Waals surface area contributed by atoms with Gasteiger partial charge in [0.15, 0.2) is 10.6 Å². The number of hydrogen-bond donors (Lipinski definition) is 1. The van der Waals surface area contributed by atoms with Crippen LogP contribution in [0.25, 0.3) is 11.6 Å². The quantitative estimate of drug-likeness (QED) is 0.815. The van der Waals surface area contributed by atoms with Crippen molar-refractivity contribution in [2.75, 3.05) is 0 Å². The Morgan fingerprint density at radius 3 is 2.86 bits per heavy atom. The summed E-state index contributed by atoms with van der Waals surface area (Å²) in [6, 6.07) is 3.66. The monoisotopic (exact) mass is 300 g/mol. The molecule has 0 radical (unpaired) electrons. The number of aromatic nitrogens is 3. The van der Waals surface area contributed by atoms with Gasteiger partial charge in [0, 0.05) is 37.6 Å². The number of aliphatic imine (C=N–C) groups is 1. The summed E-state index contributed by atoms with van der Waals surface area (Å²) in [5, 5.41) is 10.2. The Balaban J connectivity index is 2.26. The van der Waals surface area contributed by atoms with Crippen LogP contribution in [0.15, 0.2) is 28.1 Å². The number of fused-ring (bicyclic) bond motifs is 1. The van der Waals surface area contributed by atoms with Gasteiger partial charge in [-0.25, -0.2) is 9.98 Å². The van der Waals surface area contributed by atoms with Gasteiger partial charge in [-0.3, -0.25) is 13.9 Å². The highest BCUT2D eigenvalue weighted by molar-refractivity contribution is 7.71. The molecule has 0 aromatic carbocycles. The highest BCUT2D eigenvalue weighted by Gasteiger charge is 2.16. The zero-order valence-corrected chi connectivity index (χ0v) is 12.3. The van der Waals surface area contributed by atoms with Gasteiger partial charge in [0.2, 0.25) is 5.88 Å². The van der Waals surface area contributed by atoms with E-state index in [2.05, 4.69) is 9.98 Å². The molecule has 2 aromatic heterocycles. The van der Waals surface area contributed by atoms with E-state index in [-0.39, 0.29) is 21.8 Å². The maximum absolute atomic E-state index is 12.3. The maximum atomic E-state index is 12.3. The molecule has 1 N–H and O–H groups in total. The Labute approximate surface area is 125 Å². The highest BCUT2D eigenvalue weighted by Crippen LogP contribution is 2.30. The molecule has 3 rings (SSSR count). The van der Waals surface area contributed by atoms with E-state index in [0.29, 0.717) is 5.82 Å². The average molecular weight is 300 g/mol. The van der Waals surface area contributed by atoms with E-state index in [0.717, 1.165) is 11.1 Å². The first-order valence-electron chi connectivity index (χ1n) is 6.21. The van der Waals surface area contributed by atoms with Crippen LogP contribution in [0.3, 0.4) is 0 Å². The summed E-state index contributed by atoms with van der Waals surface area (Å²) in [5.41, 5.74) is 1.37. The van der Waals surface area contributed by atoms with Crippen molar-refractivity contribution < 1.29 is 5.11 Å². The fraction of sp³-hybridized carbons (Fsp3) is 0.143. The molecule has 0 saturated carbocycles. The summed E-state index contributed by atoms with van der Waals surface area (Å²) >= 11 is 5.08. The van der Waals surface area contributed by atoms with Gasteiger partial charge in [-0.1, -0.05) is 0 Å². The number of rotatable bonds is 1. The van der Waals surface area contributed by atoms with Crippen LogP contribution in [0.5, 0.6) is 5.88 Å². The van der Waals surface area contributed by atoms with Crippen LogP contribution in [-0.2, 0) is 14.1 Å². The van der Waals surface area contributed by atoms with Crippen molar-refractivity contribution in [3.8, 4) is 5.88 Å². The van der Waals surface area contributed by atoms with Gasteiger partial charge in [0.25, 0.3) is 5.56 Å². The Morgan fingerprint density at radius 2 is 2.10 bits per heavy atom. The lowest BCUT2D eigenvalue weighted by molar-refractivity contribution is 0.414. The number of nitrogens with zero attached hydrogens (tertiary/aromatic N) is 4. The van der Waals surface area contributed by atoms with Crippen LogP contribution < -0.4 is 5.56 Å². The first kappa shape index (κ1) is 13.4. The minimum absolute atomic E-state index is 0.165. The summed E-state index contributed by atoms with van der Waals surface area (Å²) in [6.45, 7) is 0. The molecule has 0 saturated heterocycles. The standard InChI is InChI=1S/C14H12N4O2S/c1-17-12(19)10(13(20)18(2)14(17)21)6-8-7-16-11-9(8)4-3-5-15-11/h3-7,19H,1-2H3/b8-6+. The minimum atomic E-state index is -0.353. The predicted octanol–water partition coefficient (Wildman–Crippen LogP) is 1.81. The molecule has 21 heavy (non-hydrogen) atoms. The lowest BCUT2D eigenvalue weighted by Gasteiger charge is -2.10. The van der Waals surface area contributed by atoms with Crippen LogP contribution in [0, 0.1) is 4.77 Å². The summed E-state index contributed by atoms with van der Waals surface area (Å²) < 4.78 is 2.96. The van der Waals surface area contributed by atoms with E-state index in [1.165, 1.54) is 9.13 Å². The molecule has 0 bridgehead atoms. The molecule has 0 aliphatic carbocycles. The number of aromatic hydroxyl groups is 1. The Morgan fingerprint density at radius 1 is 1.33 bits per heavy atom. The molecule has 0 fully saturated rings. The molecule has 7 heteroatoms. The van der Waals surface area contributed by atoms with Crippen LogP contribution >= 0.6 is 12.2 Å². The van der Waals surface area contributed by atoms with E-state index in [4.69, 9.17) is 12.2 Å². The summed E-state index contributed by atoms with van der Waals surface area (Å²) in [7, 11) is 3.18. The highest BCUT2D eigenvalue weighted by atomic mass is 32.1. The van der Waals surface area contributed by atoms with Crippen LogP contribution in [0.1, 0.15) is 11.1 Å². The molecular weight excluding hydrogens is 288 g/mol. The SMILES string of the molecule is Cn1c(O)c(/C=C2\C=Nc3ncccc32)c(=O)n(C)c1=S. The molecule has 0 spiro atoms. The van der Waals surface area contributed by atoms with Gasteiger partial charge < -0.3 is 5.11 Å². The van der Waals surface area contributed by atoms with Gasteiger partial charge >= 0.3 is 0 Å². The smallest absolute Gasteiger partial charge is 0.265 e. The Kier molecular flexibility index (Phi) is 3.06. The van der Waals surface area contributed by atoms with Crippen molar-refractivity contribution in [1.82, 2.24) is 14.1 Å². The molecule has 0 unspecified atom stereocenters. The second-order valence-corrected chi connectivity index (χ2v) is 5.04. The molecule has 1 aliphatic heterocycles. The summed E-state index contributed by atoms with van der Waals surface area (Å²) in [5.74, 6) is 0.436. The van der Waals surface area contributed by atoms with Crippen molar-refractivity contribution in [3.63, 3.8) is 0 Å². The van der Waals surface area contributed by atoms with Gasteiger partial charge in [-0.2, -0.15) is 0 Å². The van der Waals surface area contributed by atoms with Crippen LogP contribution in [-0.4, -0.2) is 25.4 Å². The van der Waals surface area contributed by atoms with Crippen molar-refractivity contribution in [2.24, 2.45) is 19.1 Å². The fourth-order valence-electron chi connectivity index (χ4n) is 2.18. The van der Waals surface area contributed by atoms with E-state index >= 15 is 0 Å². The maximum Gasteiger partial charge on any atom is 0.265 e. The third kappa shape index (κ3) is 2.02. The van der Waals surface area contributed by atoms with Gasteiger partial charge in [-0.15, -0.1) is 0 Å². The van der Waals surface area contributed by atoms with Crippen molar-refractivity contribution in [2.45, 2.75) is 0 Å². The number of pyridine rings is 1. The molecule has 0 amide bonds. The Hall–Kier alpha value is -2.54. The first-order chi connectivity index (χ1) is 10.0. The van der Waals surface area contributed by atoms with Crippen molar-refractivity contribution in [3.05, 3.63) is 44.6 Å². The third-order valence-corrected chi connectivity index (χ3v) is 3.94. The van der Waals surface area contributed by atoms with E-state index < -0.39 is 0 Å². The largest absolute Gasteiger partial charge is 0.494 e. The third-order valence-electron chi connectivity index (χ3n) is 3.39. The zero-order valence-electron chi connectivity index (χ0n) is 11.4. The van der Waals surface area contributed by atoms with E-state index in [1.807, 2.05) is 6.07 Å². The molecule has 6 nitrogen and oxygen atoms in total. The number of hydrogen-bond acceptors (Lipinski definition) is 5.